The SMILES string of the molecule is CC(CC(N)=O)Nc1ccc(C#N)c(Br)c1. The number of amides is 1. The Bertz CT molecular complexity index is 439. The first kappa shape index (κ1) is 12.5. The number of hydrogen-bond acceptors (Lipinski definition) is 3. The lowest BCUT2D eigenvalue weighted by Gasteiger charge is -2.13. The number of primary amides is 1. The summed E-state index contributed by atoms with van der Waals surface area (Å²) in [6, 6.07) is 7.33. The summed E-state index contributed by atoms with van der Waals surface area (Å²) in [5, 5.41) is 11.9. The second-order valence-electron chi connectivity index (χ2n) is 3.52. The van der Waals surface area contributed by atoms with Crippen molar-refractivity contribution in [2.75, 3.05) is 5.32 Å². The van der Waals surface area contributed by atoms with Crippen LogP contribution >= 0.6 is 15.9 Å². The van der Waals surface area contributed by atoms with E-state index >= 15 is 0 Å². The summed E-state index contributed by atoms with van der Waals surface area (Å²) in [6.45, 7) is 1.87. The molecule has 1 atom stereocenters. The first-order valence-electron chi connectivity index (χ1n) is 4.77. The van der Waals surface area contributed by atoms with Gasteiger partial charge in [0.15, 0.2) is 0 Å². The molecular weight excluding hydrogens is 270 g/mol. The molecule has 0 saturated carbocycles. The number of nitrogens with zero attached hydrogens (tertiary/aromatic N) is 1. The van der Waals surface area contributed by atoms with E-state index in [0.29, 0.717) is 5.56 Å². The molecule has 0 saturated heterocycles. The summed E-state index contributed by atoms with van der Waals surface area (Å²) in [5.74, 6) is -0.340. The van der Waals surface area contributed by atoms with Crippen molar-refractivity contribution in [1.29, 1.82) is 5.26 Å². The summed E-state index contributed by atoms with van der Waals surface area (Å²) in [5.41, 5.74) is 6.52. The standard InChI is InChI=1S/C11H12BrN3O/c1-7(4-11(14)16)15-9-3-2-8(6-13)10(12)5-9/h2-3,5,7,15H,4H2,1H3,(H2,14,16). The number of halogens is 1. The van der Waals surface area contributed by atoms with E-state index in [9.17, 15) is 4.79 Å². The maximum absolute atomic E-state index is 10.7. The van der Waals surface area contributed by atoms with E-state index in [4.69, 9.17) is 11.0 Å². The maximum Gasteiger partial charge on any atom is 0.219 e. The fraction of sp³-hybridized carbons (Fsp3) is 0.273. The van der Waals surface area contributed by atoms with Gasteiger partial charge in [-0.25, -0.2) is 0 Å². The van der Waals surface area contributed by atoms with Gasteiger partial charge < -0.3 is 11.1 Å². The predicted octanol–water partition coefficient (Wildman–Crippen LogP) is 2.00. The molecule has 0 fully saturated rings. The molecule has 0 bridgehead atoms. The van der Waals surface area contributed by atoms with Crippen LogP contribution in [-0.4, -0.2) is 11.9 Å². The number of carbonyl (C=O) groups excluding carboxylic acids is 1. The van der Waals surface area contributed by atoms with Crippen molar-refractivity contribution in [1.82, 2.24) is 0 Å². The van der Waals surface area contributed by atoms with E-state index in [1.165, 1.54) is 0 Å². The van der Waals surface area contributed by atoms with Gasteiger partial charge in [-0.2, -0.15) is 5.26 Å². The zero-order valence-electron chi connectivity index (χ0n) is 8.83. The van der Waals surface area contributed by atoms with Gasteiger partial charge in [-0.3, -0.25) is 4.79 Å². The quantitative estimate of drug-likeness (QED) is 0.886. The predicted molar refractivity (Wildman–Crippen MR) is 65.8 cm³/mol. The molecule has 0 radical (unpaired) electrons. The van der Waals surface area contributed by atoms with Crippen LogP contribution in [0.1, 0.15) is 18.9 Å². The summed E-state index contributed by atoms with van der Waals surface area (Å²) >= 11 is 3.29. The second-order valence-corrected chi connectivity index (χ2v) is 4.38. The van der Waals surface area contributed by atoms with Gasteiger partial charge in [0, 0.05) is 22.6 Å². The monoisotopic (exact) mass is 281 g/mol. The van der Waals surface area contributed by atoms with Crippen LogP contribution in [0.25, 0.3) is 0 Å². The molecule has 0 aromatic heterocycles. The zero-order chi connectivity index (χ0) is 12.1. The van der Waals surface area contributed by atoms with Gasteiger partial charge in [-0.15, -0.1) is 0 Å². The fourth-order valence-electron chi connectivity index (χ4n) is 1.33. The van der Waals surface area contributed by atoms with Crippen molar-refractivity contribution in [3.05, 3.63) is 28.2 Å². The number of nitriles is 1. The highest BCUT2D eigenvalue weighted by Gasteiger charge is 2.07. The number of anilines is 1. The van der Waals surface area contributed by atoms with Crippen LogP contribution < -0.4 is 11.1 Å². The van der Waals surface area contributed by atoms with Crippen molar-refractivity contribution >= 4 is 27.5 Å². The molecule has 0 spiro atoms. The summed E-state index contributed by atoms with van der Waals surface area (Å²) < 4.78 is 0.728. The number of nitrogens with one attached hydrogen (secondary N) is 1. The normalized spacial score (nSPS) is 11.6. The highest BCUT2D eigenvalue weighted by Crippen LogP contribution is 2.21. The minimum absolute atomic E-state index is 0.0302. The van der Waals surface area contributed by atoms with E-state index in [0.717, 1.165) is 10.2 Å². The van der Waals surface area contributed by atoms with E-state index < -0.39 is 0 Å². The van der Waals surface area contributed by atoms with Crippen molar-refractivity contribution in [2.24, 2.45) is 5.73 Å². The largest absolute Gasteiger partial charge is 0.382 e. The molecule has 0 aliphatic heterocycles. The Hall–Kier alpha value is -1.54. The van der Waals surface area contributed by atoms with Gasteiger partial charge in [-0.05, 0) is 41.1 Å². The van der Waals surface area contributed by atoms with Crippen LogP contribution in [0.15, 0.2) is 22.7 Å². The molecule has 0 aliphatic carbocycles. The molecule has 84 valence electrons. The van der Waals surface area contributed by atoms with E-state index in [2.05, 4.69) is 27.3 Å². The highest BCUT2D eigenvalue weighted by molar-refractivity contribution is 9.10. The van der Waals surface area contributed by atoms with Crippen LogP contribution in [0, 0.1) is 11.3 Å². The second kappa shape index (κ2) is 5.52. The minimum Gasteiger partial charge on any atom is -0.382 e. The average molecular weight is 282 g/mol. The molecule has 5 heteroatoms. The number of benzene rings is 1. The van der Waals surface area contributed by atoms with Gasteiger partial charge in [0.25, 0.3) is 0 Å². The average Bonchev–Trinajstić information content (AvgIpc) is 2.16. The zero-order valence-corrected chi connectivity index (χ0v) is 10.4. The van der Waals surface area contributed by atoms with Gasteiger partial charge in [0.1, 0.15) is 6.07 Å². The third kappa shape index (κ3) is 3.55. The summed E-state index contributed by atoms with van der Waals surface area (Å²) in [7, 11) is 0. The Kier molecular flexibility index (Phi) is 4.32. The van der Waals surface area contributed by atoms with Gasteiger partial charge in [-0.1, -0.05) is 0 Å². The highest BCUT2D eigenvalue weighted by atomic mass is 79.9. The Labute approximate surface area is 103 Å². The number of carbonyl (C=O) groups is 1. The Balaban J connectivity index is 2.72. The molecule has 0 aliphatic rings. The van der Waals surface area contributed by atoms with Crippen LogP contribution in [0.4, 0.5) is 5.69 Å². The molecular formula is C11H12BrN3O. The Morgan fingerprint density at radius 1 is 1.69 bits per heavy atom. The number of hydrogen-bond donors (Lipinski definition) is 2. The molecule has 1 unspecified atom stereocenters. The topological polar surface area (TPSA) is 78.9 Å². The summed E-state index contributed by atoms with van der Waals surface area (Å²) in [4.78, 5) is 10.7. The third-order valence-electron chi connectivity index (χ3n) is 2.01. The third-order valence-corrected chi connectivity index (χ3v) is 2.67. The van der Waals surface area contributed by atoms with Crippen LogP contribution in [0.3, 0.4) is 0 Å². The fourth-order valence-corrected chi connectivity index (χ4v) is 1.80. The van der Waals surface area contributed by atoms with Gasteiger partial charge in [0.2, 0.25) is 5.91 Å². The van der Waals surface area contributed by atoms with Crippen molar-refractivity contribution < 1.29 is 4.79 Å². The number of nitrogens with two attached hydrogens (primary N) is 1. The molecule has 0 heterocycles. The first-order chi connectivity index (χ1) is 7.52. The molecule has 1 aromatic carbocycles. The summed E-state index contributed by atoms with van der Waals surface area (Å²) in [6.07, 6.45) is 0.275. The van der Waals surface area contributed by atoms with E-state index in [1.807, 2.05) is 6.92 Å². The lowest BCUT2D eigenvalue weighted by molar-refractivity contribution is -0.118. The minimum atomic E-state index is -0.340. The smallest absolute Gasteiger partial charge is 0.219 e. The van der Waals surface area contributed by atoms with Gasteiger partial charge in [0.05, 0.1) is 5.56 Å². The maximum atomic E-state index is 10.7. The van der Waals surface area contributed by atoms with Crippen molar-refractivity contribution in [3.8, 4) is 6.07 Å². The van der Waals surface area contributed by atoms with Crippen LogP contribution in [-0.2, 0) is 4.79 Å². The van der Waals surface area contributed by atoms with E-state index in [1.54, 1.807) is 18.2 Å². The van der Waals surface area contributed by atoms with Crippen molar-refractivity contribution in [2.45, 2.75) is 19.4 Å². The number of rotatable bonds is 4. The molecule has 4 nitrogen and oxygen atoms in total. The van der Waals surface area contributed by atoms with Crippen molar-refractivity contribution in [3.63, 3.8) is 0 Å². The Morgan fingerprint density at radius 3 is 2.88 bits per heavy atom. The molecule has 1 rings (SSSR count). The van der Waals surface area contributed by atoms with Crippen LogP contribution in [0.5, 0.6) is 0 Å². The molecule has 16 heavy (non-hydrogen) atoms. The van der Waals surface area contributed by atoms with Crippen LogP contribution in [0.2, 0.25) is 0 Å². The molecule has 1 aromatic rings. The molecule has 1 amide bonds. The molecule has 3 N–H and O–H groups in total. The Morgan fingerprint density at radius 2 is 2.38 bits per heavy atom. The lowest BCUT2D eigenvalue weighted by Crippen LogP contribution is -2.23. The van der Waals surface area contributed by atoms with E-state index in [-0.39, 0.29) is 18.4 Å². The lowest BCUT2D eigenvalue weighted by atomic mass is 10.2. The first-order valence-corrected chi connectivity index (χ1v) is 5.56. The van der Waals surface area contributed by atoms with Gasteiger partial charge >= 0.3 is 0 Å².